The number of carbonyl (C=O) groups excluding carboxylic acids is 2. The Morgan fingerprint density at radius 3 is 2.67 bits per heavy atom. The van der Waals surface area contributed by atoms with Crippen LogP contribution in [0.4, 0.5) is 5.69 Å². The van der Waals surface area contributed by atoms with E-state index in [0.29, 0.717) is 16.6 Å². The molecule has 1 aliphatic carbocycles. The molecule has 1 N–H and O–H groups in total. The summed E-state index contributed by atoms with van der Waals surface area (Å²) in [5.41, 5.74) is 0.810. The van der Waals surface area contributed by atoms with E-state index in [9.17, 15) is 9.59 Å². The van der Waals surface area contributed by atoms with Crippen LogP contribution in [0, 0.1) is 11.8 Å². The molecule has 4 nitrogen and oxygen atoms in total. The van der Waals surface area contributed by atoms with Crippen molar-refractivity contribution in [2.75, 3.05) is 12.4 Å². The van der Waals surface area contributed by atoms with Crippen LogP contribution in [0.5, 0.6) is 0 Å². The molecule has 0 radical (unpaired) electrons. The molecule has 0 aromatic heterocycles. The third-order valence-corrected chi connectivity index (χ3v) is 3.42. The lowest BCUT2D eigenvalue weighted by Gasteiger charge is -2.07. The first kappa shape index (κ1) is 12.9. The van der Waals surface area contributed by atoms with Crippen LogP contribution >= 0.6 is 11.6 Å². The number of benzene rings is 1. The first-order valence-electron chi connectivity index (χ1n) is 5.71. The van der Waals surface area contributed by atoms with Crippen LogP contribution in [0.15, 0.2) is 18.2 Å². The molecule has 0 spiro atoms. The van der Waals surface area contributed by atoms with Gasteiger partial charge in [-0.1, -0.05) is 18.5 Å². The normalized spacial score (nSPS) is 21.3. The molecule has 0 saturated heterocycles. The Bertz CT molecular complexity index is 501. The second-order valence-corrected chi connectivity index (χ2v) is 4.90. The number of halogens is 1. The number of rotatable bonds is 3. The summed E-state index contributed by atoms with van der Waals surface area (Å²) in [4.78, 5) is 23.2. The smallest absolute Gasteiger partial charge is 0.339 e. The van der Waals surface area contributed by atoms with Crippen LogP contribution < -0.4 is 5.32 Å². The summed E-state index contributed by atoms with van der Waals surface area (Å²) in [7, 11) is 1.29. The van der Waals surface area contributed by atoms with E-state index < -0.39 is 5.97 Å². The molecule has 1 aliphatic rings. The second-order valence-electron chi connectivity index (χ2n) is 4.49. The number of esters is 1. The molecule has 0 aliphatic heterocycles. The van der Waals surface area contributed by atoms with Gasteiger partial charge in [0.2, 0.25) is 5.91 Å². The van der Waals surface area contributed by atoms with Gasteiger partial charge in [-0.05, 0) is 30.5 Å². The van der Waals surface area contributed by atoms with Crippen LogP contribution in [-0.2, 0) is 9.53 Å². The molecular formula is C13H14ClNO3. The highest BCUT2D eigenvalue weighted by Crippen LogP contribution is 2.38. The summed E-state index contributed by atoms with van der Waals surface area (Å²) < 4.78 is 4.62. The minimum absolute atomic E-state index is 0.0133. The van der Waals surface area contributed by atoms with Gasteiger partial charge in [0.25, 0.3) is 0 Å². The van der Waals surface area contributed by atoms with E-state index >= 15 is 0 Å². The lowest BCUT2D eigenvalue weighted by molar-refractivity contribution is -0.117. The largest absolute Gasteiger partial charge is 0.465 e. The van der Waals surface area contributed by atoms with Crippen LogP contribution in [0.3, 0.4) is 0 Å². The lowest BCUT2D eigenvalue weighted by atomic mass is 10.2. The van der Waals surface area contributed by atoms with E-state index in [0.717, 1.165) is 6.42 Å². The van der Waals surface area contributed by atoms with E-state index in [4.69, 9.17) is 11.6 Å². The Hall–Kier alpha value is -1.55. The minimum atomic E-state index is -0.518. The van der Waals surface area contributed by atoms with Gasteiger partial charge >= 0.3 is 5.97 Å². The highest BCUT2D eigenvalue weighted by atomic mass is 35.5. The molecule has 1 aromatic rings. The Balaban J connectivity index is 2.14. The van der Waals surface area contributed by atoms with E-state index in [1.165, 1.54) is 13.2 Å². The van der Waals surface area contributed by atoms with Gasteiger partial charge in [0.15, 0.2) is 0 Å². The lowest BCUT2D eigenvalue weighted by Crippen LogP contribution is -2.15. The second kappa shape index (κ2) is 4.98. The number of carbonyl (C=O) groups is 2. The quantitative estimate of drug-likeness (QED) is 0.857. The van der Waals surface area contributed by atoms with Crippen LogP contribution in [0.25, 0.3) is 0 Å². The average Bonchev–Trinajstić information content (AvgIpc) is 3.08. The summed E-state index contributed by atoms with van der Waals surface area (Å²) in [5, 5.41) is 3.08. The number of hydrogen-bond donors (Lipinski definition) is 1. The van der Waals surface area contributed by atoms with E-state index in [-0.39, 0.29) is 17.4 Å². The first-order chi connectivity index (χ1) is 8.52. The van der Waals surface area contributed by atoms with E-state index in [1.54, 1.807) is 12.1 Å². The van der Waals surface area contributed by atoms with Crippen molar-refractivity contribution in [3.05, 3.63) is 28.8 Å². The van der Waals surface area contributed by atoms with E-state index in [2.05, 4.69) is 10.1 Å². The molecule has 1 aromatic carbocycles. The van der Waals surface area contributed by atoms with Crippen LogP contribution in [0.2, 0.25) is 5.02 Å². The molecule has 1 fully saturated rings. The predicted molar refractivity (Wildman–Crippen MR) is 68.7 cm³/mol. The molecule has 2 atom stereocenters. The topological polar surface area (TPSA) is 55.4 Å². The third kappa shape index (κ3) is 2.64. The Morgan fingerprint density at radius 2 is 2.11 bits per heavy atom. The zero-order chi connectivity index (χ0) is 13.3. The predicted octanol–water partition coefficient (Wildman–Crippen LogP) is 2.72. The monoisotopic (exact) mass is 267 g/mol. The third-order valence-electron chi connectivity index (χ3n) is 3.09. The van der Waals surface area contributed by atoms with Crippen LogP contribution in [-0.4, -0.2) is 19.0 Å². The van der Waals surface area contributed by atoms with Gasteiger partial charge in [0, 0.05) is 11.6 Å². The van der Waals surface area contributed by atoms with Crippen molar-refractivity contribution in [3.63, 3.8) is 0 Å². The summed E-state index contributed by atoms with van der Waals surface area (Å²) in [5.74, 6) is -0.00356. The van der Waals surface area contributed by atoms with Gasteiger partial charge in [-0.25, -0.2) is 4.79 Å². The number of anilines is 1. The van der Waals surface area contributed by atoms with Gasteiger partial charge in [0.1, 0.15) is 0 Å². The van der Waals surface area contributed by atoms with Gasteiger partial charge < -0.3 is 10.1 Å². The van der Waals surface area contributed by atoms with Gasteiger partial charge in [0.05, 0.1) is 17.7 Å². The molecule has 0 unspecified atom stereocenters. The molecular weight excluding hydrogens is 254 g/mol. The SMILES string of the molecule is COC(=O)c1cc(NC(=O)[C@@H]2C[C@@H]2C)ccc1Cl. The number of ether oxygens (including phenoxy) is 1. The summed E-state index contributed by atoms with van der Waals surface area (Å²) in [6.07, 6.45) is 0.920. The summed E-state index contributed by atoms with van der Waals surface area (Å²) >= 11 is 5.89. The molecule has 96 valence electrons. The minimum Gasteiger partial charge on any atom is -0.465 e. The zero-order valence-electron chi connectivity index (χ0n) is 10.2. The molecule has 18 heavy (non-hydrogen) atoms. The molecule has 1 amide bonds. The molecule has 1 saturated carbocycles. The summed E-state index contributed by atoms with van der Waals surface area (Å²) in [6, 6.07) is 4.76. The highest BCUT2D eigenvalue weighted by molar-refractivity contribution is 6.33. The molecule has 0 heterocycles. The highest BCUT2D eigenvalue weighted by Gasteiger charge is 2.39. The number of methoxy groups -OCH3 is 1. The fraction of sp³-hybridized carbons (Fsp3) is 0.385. The van der Waals surface area contributed by atoms with Crippen molar-refractivity contribution in [1.29, 1.82) is 0 Å². The fourth-order valence-electron chi connectivity index (χ4n) is 1.79. The Labute approximate surface area is 110 Å². The zero-order valence-corrected chi connectivity index (χ0v) is 11.0. The molecule has 0 bridgehead atoms. The van der Waals surface area contributed by atoms with Crippen molar-refractivity contribution in [2.45, 2.75) is 13.3 Å². The Morgan fingerprint density at radius 1 is 1.44 bits per heavy atom. The maximum absolute atomic E-state index is 11.8. The van der Waals surface area contributed by atoms with Crippen molar-refractivity contribution in [1.82, 2.24) is 0 Å². The van der Waals surface area contributed by atoms with Crippen molar-refractivity contribution in [3.8, 4) is 0 Å². The van der Waals surface area contributed by atoms with Crippen molar-refractivity contribution >= 4 is 29.2 Å². The standard InChI is InChI=1S/C13H14ClNO3/c1-7-5-9(7)12(16)15-8-3-4-11(14)10(6-8)13(17)18-2/h3-4,6-7,9H,5H2,1-2H3,(H,15,16)/t7-,9+/m0/s1. The van der Waals surface area contributed by atoms with Crippen molar-refractivity contribution in [2.24, 2.45) is 11.8 Å². The maximum Gasteiger partial charge on any atom is 0.339 e. The molecule has 5 heteroatoms. The van der Waals surface area contributed by atoms with Crippen LogP contribution in [0.1, 0.15) is 23.7 Å². The number of amides is 1. The fourth-order valence-corrected chi connectivity index (χ4v) is 1.99. The van der Waals surface area contributed by atoms with Gasteiger partial charge in [-0.15, -0.1) is 0 Å². The van der Waals surface area contributed by atoms with Crippen molar-refractivity contribution < 1.29 is 14.3 Å². The average molecular weight is 268 g/mol. The maximum atomic E-state index is 11.8. The summed E-state index contributed by atoms with van der Waals surface area (Å²) in [6.45, 7) is 2.03. The van der Waals surface area contributed by atoms with Gasteiger partial charge in [-0.3, -0.25) is 4.79 Å². The Kier molecular flexibility index (Phi) is 3.57. The molecule has 2 rings (SSSR count). The van der Waals surface area contributed by atoms with E-state index in [1.807, 2.05) is 6.92 Å². The number of nitrogens with one attached hydrogen (secondary N) is 1. The van der Waals surface area contributed by atoms with Gasteiger partial charge in [-0.2, -0.15) is 0 Å². The first-order valence-corrected chi connectivity index (χ1v) is 6.09. The number of hydrogen-bond acceptors (Lipinski definition) is 3.